The standard InChI is InChI=1S/C14H14N4O3S/c1-8-4-12(15)18-14(16-8)22-6-13(19)17-9-2-3-10-11(5-9)21-7-20-10/h2-5H,6-7H2,1H3,(H,17,19)(H2,15,16,18). The third-order valence-corrected chi connectivity index (χ3v) is 3.69. The maximum Gasteiger partial charge on any atom is 0.234 e. The van der Waals surface area contributed by atoms with Crippen molar-refractivity contribution in [2.75, 3.05) is 23.6 Å². The summed E-state index contributed by atoms with van der Waals surface area (Å²) in [6.45, 7) is 2.03. The van der Waals surface area contributed by atoms with E-state index in [1.807, 2.05) is 6.92 Å². The van der Waals surface area contributed by atoms with Crippen molar-refractivity contribution in [2.24, 2.45) is 0 Å². The Kier molecular flexibility index (Phi) is 4.01. The van der Waals surface area contributed by atoms with Gasteiger partial charge >= 0.3 is 0 Å². The van der Waals surface area contributed by atoms with E-state index in [-0.39, 0.29) is 18.5 Å². The zero-order chi connectivity index (χ0) is 15.5. The molecule has 0 saturated carbocycles. The smallest absolute Gasteiger partial charge is 0.234 e. The fraction of sp³-hybridized carbons (Fsp3) is 0.214. The van der Waals surface area contributed by atoms with E-state index < -0.39 is 0 Å². The van der Waals surface area contributed by atoms with Crippen molar-refractivity contribution in [3.63, 3.8) is 0 Å². The lowest BCUT2D eigenvalue weighted by Crippen LogP contribution is -2.14. The Labute approximate surface area is 131 Å². The number of nitrogen functional groups attached to an aromatic ring is 1. The topological polar surface area (TPSA) is 99.4 Å². The molecule has 2 aromatic rings. The maximum atomic E-state index is 12.0. The summed E-state index contributed by atoms with van der Waals surface area (Å²) in [7, 11) is 0. The number of ether oxygens (including phenoxy) is 2. The highest BCUT2D eigenvalue weighted by Gasteiger charge is 2.14. The number of carbonyl (C=O) groups is 1. The molecule has 2 heterocycles. The molecule has 1 amide bonds. The van der Waals surface area contributed by atoms with Crippen molar-refractivity contribution in [1.82, 2.24) is 9.97 Å². The second-order valence-electron chi connectivity index (χ2n) is 4.62. The average Bonchev–Trinajstić information content (AvgIpc) is 2.92. The van der Waals surface area contributed by atoms with E-state index in [0.29, 0.717) is 28.2 Å². The van der Waals surface area contributed by atoms with E-state index in [0.717, 1.165) is 5.69 Å². The van der Waals surface area contributed by atoms with Crippen molar-refractivity contribution in [1.29, 1.82) is 0 Å². The minimum absolute atomic E-state index is 0.160. The van der Waals surface area contributed by atoms with Gasteiger partial charge in [-0.2, -0.15) is 0 Å². The summed E-state index contributed by atoms with van der Waals surface area (Å²) in [4.78, 5) is 20.3. The fourth-order valence-electron chi connectivity index (χ4n) is 1.93. The molecule has 3 N–H and O–H groups in total. The zero-order valence-electron chi connectivity index (χ0n) is 11.8. The third kappa shape index (κ3) is 3.40. The molecular weight excluding hydrogens is 304 g/mol. The largest absolute Gasteiger partial charge is 0.454 e. The Morgan fingerprint density at radius 2 is 2.14 bits per heavy atom. The molecular formula is C14H14N4O3S. The Balaban J connectivity index is 1.58. The first-order valence-electron chi connectivity index (χ1n) is 6.53. The number of anilines is 2. The first-order valence-corrected chi connectivity index (χ1v) is 7.52. The number of hydrogen-bond acceptors (Lipinski definition) is 7. The highest BCUT2D eigenvalue weighted by molar-refractivity contribution is 7.99. The Morgan fingerprint density at radius 1 is 1.32 bits per heavy atom. The van der Waals surface area contributed by atoms with Gasteiger partial charge in [0.2, 0.25) is 12.7 Å². The maximum absolute atomic E-state index is 12.0. The second-order valence-corrected chi connectivity index (χ2v) is 5.56. The van der Waals surface area contributed by atoms with Crippen LogP contribution in [0, 0.1) is 6.92 Å². The second kappa shape index (κ2) is 6.10. The van der Waals surface area contributed by atoms with Crippen molar-refractivity contribution in [3.8, 4) is 11.5 Å². The highest BCUT2D eigenvalue weighted by Crippen LogP contribution is 2.34. The zero-order valence-corrected chi connectivity index (χ0v) is 12.6. The number of fused-ring (bicyclic) bond motifs is 1. The number of hydrogen-bond donors (Lipinski definition) is 2. The van der Waals surface area contributed by atoms with Crippen LogP contribution in [0.2, 0.25) is 0 Å². The number of benzene rings is 1. The van der Waals surface area contributed by atoms with Crippen molar-refractivity contribution in [2.45, 2.75) is 12.1 Å². The molecule has 0 atom stereocenters. The summed E-state index contributed by atoms with van der Waals surface area (Å²) >= 11 is 1.23. The van der Waals surface area contributed by atoms with Crippen molar-refractivity contribution >= 4 is 29.2 Å². The Hall–Kier alpha value is -2.48. The lowest BCUT2D eigenvalue weighted by molar-refractivity contribution is -0.113. The number of nitrogens with zero attached hydrogens (tertiary/aromatic N) is 2. The van der Waals surface area contributed by atoms with E-state index in [9.17, 15) is 4.79 Å². The molecule has 1 aliphatic rings. The molecule has 8 heteroatoms. The van der Waals surface area contributed by atoms with Gasteiger partial charge in [0, 0.05) is 23.5 Å². The number of aromatic nitrogens is 2. The fourth-order valence-corrected chi connectivity index (χ4v) is 2.64. The van der Waals surface area contributed by atoms with Gasteiger partial charge in [0.15, 0.2) is 16.7 Å². The molecule has 114 valence electrons. The first kappa shape index (κ1) is 14.5. The number of amides is 1. The number of aryl methyl sites for hydroxylation is 1. The minimum atomic E-state index is -0.160. The third-order valence-electron chi connectivity index (χ3n) is 2.84. The van der Waals surface area contributed by atoms with Crippen LogP contribution in [0.4, 0.5) is 11.5 Å². The van der Waals surface area contributed by atoms with Crippen LogP contribution in [0.5, 0.6) is 11.5 Å². The van der Waals surface area contributed by atoms with E-state index >= 15 is 0 Å². The monoisotopic (exact) mass is 318 g/mol. The van der Waals surface area contributed by atoms with Crippen LogP contribution in [0.15, 0.2) is 29.4 Å². The van der Waals surface area contributed by atoms with Crippen LogP contribution in [0.25, 0.3) is 0 Å². The van der Waals surface area contributed by atoms with E-state index in [1.165, 1.54) is 11.8 Å². The van der Waals surface area contributed by atoms with Gasteiger partial charge in [-0.15, -0.1) is 0 Å². The summed E-state index contributed by atoms with van der Waals surface area (Å²) in [6, 6.07) is 6.93. The summed E-state index contributed by atoms with van der Waals surface area (Å²) in [5.74, 6) is 1.73. The molecule has 1 aliphatic heterocycles. The van der Waals surface area contributed by atoms with Crippen molar-refractivity contribution in [3.05, 3.63) is 30.0 Å². The summed E-state index contributed by atoms with van der Waals surface area (Å²) in [6.07, 6.45) is 0. The number of carbonyl (C=O) groups excluding carboxylic acids is 1. The lowest BCUT2D eigenvalue weighted by Gasteiger charge is -2.06. The normalized spacial score (nSPS) is 12.2. The summed E-state index contributed by atoms with van der Waals surface area (Å²) < 4.78 is 10.5. The summed E-state index contributed by atoms with van der Waals surface area (Å²) in [5, 5.41) is 3.27. The number of nitrogens with two attached hydrogens (primary N) is 1. The molecule has 0 fully saturated rings. The molecule has 0 spiro atoms. The molecule has 3 rings (SSSR count). The molecule has 0 bridgehead atoms. The van der Waals surface area contributed by atoms with Gasteiger partial charge in [-0.3, -0.25) is 4.79 Å². The van der Waals surface area contributed by atoms with Gasteiger partial charge in [0.05, 0.1) is 5.75 Å². The molecule has 1 aromatic carbocycles. The number of thioether (sulfide) groups is 1. The van der Waals surface area contributed by atoms with E-state index in [4.69, 9.17) is 15.2 Å². The van der Waals surface area contributed by atoms with Crippen LogP contribution in [-0.2, 0) is 4.79 Å². The van der Waals surface area contributed by atoms with Crippen LogP contribution < -0.4 is 20.5 Å². The van der Waals surface area contributed by atoms with Gasteiger partial charge < -0.3 is 20.5 Å². The molecule has 0 radical (unpaired) electrons. The summed E-state index contributed by atoms with van der Waals surface area (Å²) in [5.41, 5.74) is 7.07. The lowest BCUT2D eigenvalue weighted by atomic mass is 10.3. The molecule has 22 heavy (non-hydrogen) atoms. The Morgan fingerprint density at radius 3 is 2.95 bits per heavy atom. The Bertz CT molecular complexity index is 703. The van der Waals surface area contributed by atoms with Crippen LogP contribution in [0.1, 0.15) is 5.69 Å². The SMILES string of the molecule is Cc1cc(N)nc(SCC(=O)Nc2ccc3c(c2)OCO3)n1. The molecule has 1 aromatic heterocycles. The van der Waals surface area contributed by atoms with Gasteiger partial charge in [-0.05, 0) is 19.1 Å². The molecule has 7 nitrogen and oxygen atoms in total. The minimum Gasteiger partial charge on any atom is -0.454 e. The average molecular weight is 318 g/mol. The molecule has 0 unspecified atom stereocenters. The van der Waals surface area contributed by atoms with Crippen LogP contribution in [-0.4, -0.2) is 28.4 Å². The van der Waals surface area contributed by atoms with Gasteiger partial charge in [0.25, 0.3) is 0 Å². The van der Waals surface area contributed by atoms with E-state index in [2.05, 4.69) is 15.3 Å². The quantitative estimate of drug-likeness (QED) is 0.655. The molecule has 0 aliphatic carbocycles. The van der Waals surface area contributed by atoms with Crippen molar-refractivity contribution < 1.29 is 14.3 Å². The number of rotatable bonds is 4. The van der Waals surface area contributed by atoms with Crippen LogP contribution in [0.3, 0.4) is 0 Å². The molecule has 0 saturated heterocycles. The van der Waals surface area contributed by atoms with Crippen LogP contribution >= 0.6 is 11.8 Å². The van der Waals surface area contributed by atoms with E-state index in [1.54, 1.807) is 24.3 Å². The van der Waals surface area contributed by atoms with Gasteiger partial charge in [0.1, 0.15) is 5.82 Å². The van der Waals surface area contributed by atoms with Gasteiger partial charge in [-0.25, -0.2) is 9.97 Å². The highest BCUT2D eigenvalue weighted by atomic mass is 32.2. The first-order chi connectivity index (χ1) is 10.6. The predicted octanol–water partition coefficient (Wildman–Crippen LogP) is 1.83. The van der Waals surface area contributed by atoms with Gasteiger partial charge in [-0.1, -0.05) is 11.8 Å². The number of nitrogens with one attached hydrogen (secondary N) is 1. The predicted molar refractivity (Wildman–Crippen MR) is 83.1 cm³/mol.